The Morgan fingerprint density at radius 2 is 1.69 bits per heavy atom. The number of sulfonamides is 1. The van der Waals surface area contributed by atoms with Crippen molar-refractivity contribution >= 4 is 60.1 Å². The number of anilines is 1. The molecule has 0 heterocycles. The number of hydrogen-bond acceptors (Lipinski definition) is 3. The lowest BCUT2D eigenvalue weighted by atomic mass is 10.2. The van der Waals surface area contributed by atoms with Gasteiger partial charge < -0.3 is 0 Å². The molecule has 0 spiro atoms. The number of benzene rings is 2. The maximum Gasteiger partial charge on any atom is 0.416 e. The van der Waals surface area contributed by atoms with Crippen molar-refractivity contribution in [2.75, 3.05) is 10.8 Å². The summed E-state index contributed by atoms with van der Waals surface area (Å²) >= 11 is 14.4. The Bertz CT molecular complexity index is 934. The summed E-state index contributed by atoms with van der Waals surface area (Å²) in [6.07, 6.45) is -4.72. The van der Waals surface area contributed by atoms with Crippen molar-refractivity contribution in [1.82, 2.24) is 0 Å². The zero-order valence-electron chi connectivity index (χ0n) is 12.6. The van der Waals surface area contributed by atoms with Crippen molar-refractivity contribution < 1.29 is 26.4 Å². The minimum absolute atomic E-state index is 0.243. The van der Waals surface area contributed by atoms with Crippen molar-refractivity contribution in [1.29, 1.82) is 0 Å². The zero-order valence-corrected chi connectivity index (χ0v) is 16.5. The normalized spacial score (nSPS) is 12.1. The van der Waals surface area contributed by atoms with E-state index in [2.05, 4.69) is 15.9 Å². The molecule has 2 aromatic rings. The predicted molar refractivity (Wildman–Crippen MR) is 96.0 cm³/mol. The molecule has 0 saturated heterocycles. The summed E-state index contributed by atoms with van der Waals surface area (Å²) in [7, 11) is -4.40. The van der Waals surface area contributed by atoms with Crippen molar-refractivity contribution in [3.8, 4) is 0 Å². The number of carbonyl (C=O) groups is 1. The number of alkyl halides is 3. The number of halogens is 6. The minimum Gasteiger partial charge on any atom is -0.279 e. The molecule has 140 valence electrons. The highest BCUT2D eigenvalue weighted by molar-refractivity contribution is 9.10. The first-order valence-electron chi connectivity index (χ1n) is 6.76. The van der Waals surface area contributed by atoms with Crippen LogP contribution in [0.5, 0.6) is 0 Å². The number of rotatable bonds is 5. The second kappa shape index (κ2) is 7.75. The van der Waals surface area contributed by atoms with E-state index in [1.54, 1.807) is 0 Å². The highest BCUT2D eigenvalue weighted by Gasteiger charge is 2.34. The van der Waals surface area contributed by atoms with Crippen molar-refractivity contribution in [2.24, 2.45) is 0 Å². The Balaban J connectivity index is 2.65. The molecule has 26 heavy (non-hydrogen) atoms. The van der Waals surface area contributed by atoms with Gasteiger partial charge in [-0.25, -0.2) is 8.42 Å². The Morgan fingerprint density at radius 1 is 1.12 bits per heavy atom. The molecule has 0 aliphatic carbocycles. The van der Waals surface area contributed by atoms with E-state index < -0.39 is 39.2 Å². The topological polar surface area (TPSA) is 54.5 Å². The van der Waals surface area contributed by atoms with Gasteiger partial charge in [0.05, 0.1) is 21.2 Å². The summed E-state index contributed by atoms with van der Waals surface area (Å²) in [5.74, 6) is 0. The molecule has 0 aliphatic rings. The molecule has 0 amide bonds. The van der Waals surface area contributed by atoms with Gasteiger partial charge in [0, 0.05) is 4.47 Å². The van der Waals surface area contributed by atoms with Crippen LogP contribution in [-0.4, -0.2) is 20.2 Å². The fourth-order valence-corrected chi connectivity index (χ4v) is 4.18. The summed E-state index contributed by atoms with van der Waals surface area (Å²) in [5, 5.41) is -1.37. The van der Waals surface area contributed by atoms with Gasteiger partial charge in [-0.2, -0.15) is 13.2 Å². The Morgan fingerprint density at radius 3 is 2.19 bits per heavy atom. The van der Waals surface area contributed by atoms with Crippen LogP contribution in [0.25, 0.3) is 0 Å². The minimum atomic E-state index is -4.72. The first-order valence-corrected chi connectivity index (χ1v) is 9.75. The molecular formula is C15H9BrCl2F3NO3S. The van der Waals surface area contributed by atoms with Crippen LogP contribution in [0.2, 0.25) is 5.02 Å². The number of carbonyl (C=O) groups excluding carboxylic acids is 1. The standard InChI is InChI=1S/C15H9BrCl2F3NO3S/c16-10-2-4-11(5-3-10)26(24,25)22(8-14(18)23)13-7-9(15(19,20)21)1-6-12(13)17/h1-7H,8H2. The lowest BCUT2D eigenvalue weighted by Crippen LogP contribution is -2.35. The van der Waals surface area contributed by atoms with Gasteiger partial charge in [-0.1, -0.05) is 27.5 Å². The molecule has 0 unspecified atom stereocenters. The van der Waals surface area contributed by atoms with Crippen LogP contribution < -0.4 is 4.31 Å². The van der Waals surface area contributed by atoms with E-state index in [0.29, 0.717) is 20.9 Å². The van der Waals surface area contributed by atoms with E-state index in [0.717, 1.165) is 6.07 Å². The molecule has 0 N–H and O–H groups in total. The monoisotopic (exact) mass is 489 g/mol. The van der Waals surface area contributed by atoms with E-state index in [4.69, 9.17) is 23.2 Å². The molecule has 2 aromatic carbocycles. The molecule has 4 nitrogen and oxygen atoms in total. The summed E-state index contributed by atoms with van der Waals surface area (Å²) in [5.41, 5.74) is -1.62. The molecule has 11 heteroatoms. The molecule has 0 saturated carbocycles. The SMILES string of the molecule is O=C(Cl)CN(c1cc(C(F)(F)F)ccc1Cl)S(=O)(=O)c1ccc(Br)cc1. The smallest absolute Gasteiger partial charge is 0.279 e. The van der Waals surface area contributed by atoms with Crippen LogP contribution in [0.15, 0.2) is 51.8 Å². The molecule has 0 bridgehead atoms. The third-order valence-electron chi connectivity index (χ3n) is 3.21. The molecule has 2 rings (SSSR count). The Hall–Kier alpha value is -1.29. The molecule has 0 fully saturated rings. The van der Waals surface area contributed by atoms with Crippen LogP contribution in [0.1, 0.15) is 5.56 Å². The maximum atomic E-state index is 13.0. The van der Waals surface area contributed by atoms with Gasteiger partial charge in [0.15, 0.2) is 0 Å². The molecular weight excluding hydrogens is 482 g/mol. The highest BCUT2D eigenvalue weighted by Crippen LogP contribution is 2.37. The molecule has 0 aliphatic heterocycles. The zero-order chi connectivity index (χ0) is 19.7. The summed E-state index contributed by atoms with van der Waals surface area (Å²) in [4.78, 5) is 11.1. The van der Waals surface area contributed by atoms with Crippen LogP contribution in [-0.2, 0) is 21.0 Å². The van der Waals surface area contributed by atoms with E-state index in [1.165, 1.54) is 24.3 Å². The predicted octanol–water partition coefficient (Wildman–Crippen LogP) is 5.08. The lowest BCUT2D eigenvalue weighted by molar-refractivity contribution is -0.137. The summed E-state index contributed by atoms with van der Waals surface area (Å²) in [6, 6.07) is 7.49. The van der Waals surface area contributed by atoms with Crippen LogP contribution in [0.3, 0.4) is 0 Å². The maximum absolute atomic E-state index is 13.0. The molecule has 0 aromatic heterocycles. The van der Waals surface area contributed by atoms with Gasteiger partial charge in [-0.15, -0.1) is 0 Å². The van der Waals surface area contributed by atoms with Crippen molar-refractivity contribution in [3.05, 3.63) is 57.5 Å². The largest absolute Gasteiger partial charge is 0.416 e. The van der Waals surface area contributed by atoms with Gasteiger partial charge in [-0.3, -0.25) is 9.10 Å². The van der Waals surface area contributed by atoms with E-state index in [-0.39, 0.29) is 9.92 Å². The van der Waals surface area contributed by atoms with Gasteiger partial charge in [0.2, 0.25) is 5.24 Å². The second-order valence-electron chi connectivity index (χ2n) is 4.98. The Labute approximate surface area is 165 Å². The molecule has 0 radical (unpaired) electrons. The first-order chi connectivity index (χ1) is 11.9. The summed E-state index contributed by atoms with van der Waals surface area (Å²) in [6.45, 7) is -0.888. The third-order valence-corrected chi connectivity index (χ3v) is 5.95. The number of hydrogen-bond donors (Lipinski definition) is 0. The van der Waals surface area contributed by atoms with Gasteiger partial charge in [0.1, 0.15) is 6.54 Å². The quantitative estimate of drug-likeness (QED) is 0.549. The third kappa shape index (κ3) is 4.70. The highest BCUT2D eigenvalue weighted by atomic mass is 79.9. The van der Waals surface area contributed by atoms with Gasteiger partial charge in [0.25, 0.3) is 10.0 Å². The number of nitrogens with zero attached hydrogens (tertiary/aromatic N) is 1. The Kier molecular flexibility index (Phi) is 6.27. The average Bonchev–Trinajstić information content (AvgIpc) is 2.52. The van der Waals surface area contributed by atoms with E-state index in [1.807, 2.05) is 0 Å². The van der Waals surface area contributed by atoms with Crippen LogP contribution in [0.4, 0.5) is 18.9 Å². The molecule has 0 atom stereocenters. The average molecular weight is 491 g/mol. The lowest BCUT2D eigenvalue weighted by Gasteiger charge is -2.25. The van der Waals surface area contributed by atoms with E-state index >= 15 is 0 Å². The second-order valence-corrected chi connectivity index (χ2v) is 8.59. The van der Waals surface area contributed by atoms with Gasteiger partial charge in [-0.05, 0) is 54.1 Å². The van der Waals surface area contributed by atoms with Crippen molar-refractivity contribution in [3.63, 3.8) is 0 Å². The van der Waals surface area contributed by atoms with E-state index in [9.17, 15) is 26.4 Å². The van der Waals surface area contributed by atoms with Crippen LogP contribution in [0, 0.1) is 0 Å². The summed E-state index contributed by atoms with van der Waals surface area (Å²) < 4.78 is 65.7. The first kappa shape index (κ1) is 21.0. The van der Waals surface area contributed by atoms with Gasteiger partial charge >= 0.3 is 6.18 Å². The fourth-order valence-electron chi connectivity index (χ4n) is 2.03. The van der Waals surface area contributed by atoms with Crippen molar-refractivity contribution in [2.45, 2.75) is 11.1 Å². The fraction of sp³-hybridized carbons (Fsp3) is 0.133. The van der Waals surface area contributed by atoms with Crippen LogP contribution >= 0.6 is 39.1 Å².